The minimum atomic E-state index is 0.172. The Labute approximate surface area is 138 Å². The first-order chi connectivity index (χ1) is 11.2. The van der Waals surface area contributed by atoms with Crippen molar-refractivity contribution in [1.82, 2.24) is 0 Å². The van der Waals surface area contributed by atoms with Crippen LogP contribution in [0.5, 0.6) is 0 Å². The van der Waals surface area contributed by atoms with Crippen molar-refractivity contribution in [2.45, 2.75) is 44.3 Å². The van der Waals surface area contributed by atoms with Gasteiger partial charge in [0, 0.05) is 31.5 Å². The highest BCUT2D eigenvalue weighted by Crippen LogP contribution is 2.44. The molecule has 1 saturated carbocycles. The highest BCUT2D eigenvalue weighted by atomic mass is 16.5. The predicted molar refractivity (Wildman–Crippen MR) is 92.5 cm³/mol. The summed E-state index contributed by atoms with van der Waals surface area (Å²) in [5.41, 5.74) is 8.27. The quantitative estimate of drug-likeness (QED) is 0.647. The minimum absolute atomic E-state index is 0.172. The van der Waals surface area contributed by atoms with Crippen LogP contribution < -0.4 is 11.1 Å². The Hall–Kier alpha value is -1.59. The van der Waals surface area contributed by atoms with Crippen LogP contribution in [0.4, 0.5) is 5.69 Å². The molecule has 2 aliphatic rings. The van der Waals surface area contributed by atoms with Gasteiger partial charge < -0.3 is 20.5 Å². The summed E-state index contributed by atoms with van der Waals surface area (Å²) in [6, 6.07) is 7.99. The van der Waals surface area contributed by atoms with Gasteiger partial charge in [-0.3, -0.25) is 4.99 Å². The van der Waals surface area contributed by atoms with Crippen LogP contribution in [0.25, 0.3) is 0 Å². The van der Waals surface area contributed by atoms with E-state index in [2.05, 4.69) is 10.3 Å². The maximum atomic E-state index is 6.07. The largest absolute Gasteiger partial charge is 0.380 e. The first kappa shape index (κ1) is 16.3. The summed E-state index contributed by atoms with van der Waals surface area (Å²) in [5.74, 6) is 1.06. The molecule has 1 atom stereocenters. The number of aliphatic imine (C=N–C) groups is 1. The molecule has 1 saturated heterocycles. The van der Waals surface area contributed by atoms with E-state index in [9.17, 15) is 0 Å². The van der Waals surface area contributed by atoms with E-state index in [0.29, 0.717) is 18.5 Å². The fourth-order valence-electron chi connectivity index (χ4n) is 3.53. The molecule has 23 heavy (non-hydrogen) atoms. The number of guanidine groups is 1. The third-order valence-electron chi connectivity index (χ3n) is 4.96. The molecule has 1 heterocycles. The van der Waals surface area contributed by atoms with Gasteiger partial charge in [-0.05, 0) is 44.1 Å². The summed E-state index contributed by atoms with van der Waals surface area (Å²) in [5, 5.41) is 3.20. The molecule has 1 unspecified atom stereocenters. The zero-order valence-electron chi connectivity index (χ0n) is 13.9. The normalized spacial score (nSPS) is 23.5. The monoisotopic (exact) mass is 317 g/mol. The van der Waals surface area contributed by atoms with Crippen LogP contribution >= 0.6 is 0 Å². The second kappa shape index (κ2) is 7.32. The Morgan fingerprint density at radius 2 is 2.26 bits per heavy atom. The number of nitrogens with two attached hydrogens (primary N) is 1. The molecular formula is C18H27N3O2. The van der Waals surface area contributed by atoms with Crippen molar-refractivity contribution >= 4 is 11.6 Å². The zero-order valence-corrected chi connectivity index (χ0v) is 13.9. The van der Waals surface area contributed by atoms with Gasteiger partial charge in [0.1, 0.15) is 0 Å². The third kappa shape index (κ3) is 4.03. The van der Waals surface area contributed by atoms with Crippen molar-refractivity contribution < 1.29 is 9.47 Å². The fourth-order valence-corrected chi connectivity index (χ4v) is 3.53. The standard InChI is InChI=1S/C18H27N3O2/c1-22-13-15-5-2-3-6-16(15)21-17(19)20-12-14-7-10-23-18(11-14)8-4-9-18/h2-3,5-6,14H,4,7-13H2,1H3,(H3,19,20,21). The predicted octanol–water partition coefficient (Wildman–Crippen LogP) is 2.91. The molecule has 0 radical (unpaired) electrons. The summed E-state index contributed by atoms with van der Waals surface area (Å²) in [6.45, 7) is 2.19. The lowest BCUT2D eigenvalue weighted by Crippen LogP contribution is -2.46. The number of hydrogen-bond donors (Lipinski definition) is 2. The van der Waals surface area contributed by atoms with Crippen LogP contribution in [0, 0.1) is 5.92 Å². The molecule has 0 amide bonds. The first-order valence-corrected chi connectivity index (χ1v) is 8.48. The van der Waals surface area contributed by atoms with Gasteiger partial charge in [0.2, 0.25) is 0 Å². The Bertz CT molecular complexity index is 555. The van der Waals surface area contributed by atoms with Crippen molar-refractivity contribution in [2.24, 2.45) is 16.6 Å². The minimum Gasteiger partial charge on any atom is -0.380 e. The molecule has 3 rings (SSSR count). The lowest BCUT2D eigenvalue weighted by molar-refractivity contribution is -0.141. The van der Waals surface area contributed by atoms with E-state index in [0.717, 1.165) is 37.2 Å². The number of ether oxygens (including phenoxy) is 2. The summed E-state index contributed by atoms with van der Waals surface area (Å²) in [7, 11) is 1.69. The second-order valence-corrected chi connectivity index (χ2v) is 6.68. The van der Waals surface area contributed by atoms with Gasteiger partial charge in [0.15, 0.2) is 5.96 Å². The van der Waals surface area contributed by atoms with E-state index >= 15 is 0 Å². The van der Waals surface area contributed by atoms with E-state index in [1.807, 2.05) is 24.3 Å². The third-order valence-corrected chi connectivity index (χ3v) is 4.96. The number of hydrogen-bond acceptors (Lipinski definition) is 3. The van der Waals surface area contributed by atoms with Crippen LogP contribution in [-0.2, 0) is 16.1 Å². The average Bonchev–Trinajstić information content (AvgIpc) is 2.54. The lowest BCUT2D eigenvalue weighted by Gasteiger charge is -2.47. The van der Waals surface area contributed by atoms with Crippen molar-refractivity contribution in [3.05, 3.63) is 29.8 Å². The van der Waals surface area contributed by atoms with Gasteiger partial charge in [-0.25, -0.2) is 0 Å². The van der Waals surface area contributed by atoms with Gasteiger partial charge in [0.05, 0.1) is 12.2 Å². The van der Waals surface area contributed by atoms with Crippen molar-refractivity contribution in [3.63, 3.8) is 0 Å². The Morgan fingerprint density at radius 1 is 1.43 bits per heavy atom. The maximum Gasteiger partial charge on any atom is 0.193 e. The van der Waals surface area contributed by atoms with Crippen molar-refractivity contribution in [1.29, 1.82) is 0 Å². The van der Waals surface area contributed by atoms with Crippen LogP contribution in [0.2, 0.25) is 0 Å². The molecule has 1 aromatic carbocycles. The molecule has 126 valence electrons. The van der Waals surface area contributed by atoms with Gasteiger partial charge in [0.25, 0.3) is 0 Å². The molecule has 2 fully saturated rings. The number of methoxy groups -OCH3 is 1. The van der Waals surface area contributed by atoms with E-state index in [1.54, 1.807) is 7.11 Å². The van der Waals surface area contributed by atoms with Crippen LogP contribution in [0.1, 0.15) is 37.7 Å². The highest BCUT2D eigenvalue weighted by Gasteiger charge is 2.42. The van der Waals surface area contributed by atoms with Crippen molar-refractivity contribution in [3.8, 4) is 0 Å². The summed E-state index contributed by atoms with van der Waals surface area (Å²) >= 11 is 0. The fraction of sp³-hybridized carbons (Fsp3) is 0.611. The van der Waals surface area contributed by atoms with E-state index in [-0.39, 0.29) is 5.60 Å². The number of nitrogens with one attached hydrogen (secondary N) is 1. The highest BCUT2D eigenvalue weighted by molar-refractivity contribution is 5.92. The molecule has 1 spiro atoms. The summed E-state index contributed by atoms with van der Waals surface area (Å²) < 4.78 is 11.2. The molecule has 1 aliphatic heterocycles. The van der Waals surface area contributed by atoms with Crippen LogP contribution in [0.15, 0.2) is 29.3 Å². The lowest BCUT2D eigenvalue weighted by atomic mass is 9.72. The Kier molecular flexibility index (Phi) is 5.18. The van der Waals surface area contributed by atoms with Gasteiger partial charge in [-0.1, -0.05) is 18.2 Å². The van der Waals surface area contributed by atoms with Gasteiger partial charge >= 0.3 is 0 Å². The molecule has 1 aromatic rings. The summed E-state index contributed by atoms with van der Waals surface area (Å²) in [6.07, 6.45) is 5.94. The van der Waals surface area contributed by atoms with Crippen LogP contribution in [0.3, 0.4) is 0 Å². The molecule has 5 heteroatoms. The van der Waals surface area contributed by atoms with Crippen molar-refractivity contribution in [2.75, 3.05) is 25.6 Å². The number of nitrogens with zero attached hydrogens (tertiary/aromatic N) is 1. The van der Waals surface area contributed by atoms with E-state index in [1.165, 1.54) is 19.3 Å². The molecule has 3 N–H and O–H groups in total. The van der Waals surface area contributed by atoms with E-state index in [4.69, 9.17) is 15.2 Å². The Balaban J connectivity index is 1.55. The molecule has 1 aliphatic carbocycles. The molecule has 0 aromatic heterocycles. The van der Waals surface area contributed by atoms with Gasteiger partial charge in [-0.2, -0.15) is 0 Å². The number of para-hydroxylation sites is 1. The second-order valence-electron chi connectivity index (χ2n) is 6.68. The SMILES string of the molecule is COCc1ccccc1NC(N)=NCC1CCOC2(CCC2)C1. The van der Waals surface area contributed by atoms with Crippen LogP contribution in [-0.4, -0.2) is 31.8 Å². The Morgan fingerprint density at radius 3 is 3.00 bits per heavy atom. The number of anilines is 1. The first-order valence-electron chi connectivity index (χ1n) is 8.48. The number of benzene rings is 1. The maximum absolute atomic E-state index is 6.07. The number of rotatable bonds is 5. The summed E-state index contributed by atoms with van der Waals surface area (Å²) in [4.78, 5) is 4.56. The van der Waals surface area contributed by atoms with E-state index < -0.39 is 0 Å². The molecule has 0 bridgehead atoms. The average molecular weight is 317 g/mol. The molecular weight excluding hydrogens is 290 g/mol. The zero-order chi connectivity index (χ0) is 16.1. The topological polar surface area (TPSA) is 68.9 Å². The van der Waals surface area contributed by atoms with Gasteiger partial charge in [-0.15, -0.1) is 0 Å². The smallest absolute Gasteiger partial charge is 0.193 e. The molecule has 5 nitrogen and oxygen atoms in total.